The summed E-state index contributed by atoms with van der Waals surface area (Å²) in [6.45, 7) is 4.38. The van der Waals surface area contributed by atoms with Crippen LogP contribution < -0.4 is 10.6 Å². The van der Waals surface area contributed by atoms with Crippen molar-refractivity contribution in [3.8, 4) is 0 Å². The smallest absolute Gasteiger partial charge is 0.338 e. The predicted octanol–water partition coefficient (Wildman–Crippen LogP) is 4.44. The number of halogens is 1. The van der Waals surface area contributed by atoms with Crippen LogP contribution in [0.2, 0.25) is 5.02 Å². The molecule has 0 saturated heterocycles. The zero-order valence-electron chi connectivity index (χ0n) is 20.6. The average molecular weight is 531 g/mol. The summed E-state index contributed by atoms with van der Waals surface area (Å²) in [6, 6.07) is 9.05. The molecular formula is C25H27ClN4O7. The van der Waals surface area contributed by atoms with Crippen molar-refractivity contribution in [3.05, 3.63) is 80.0 Å². The van der Waals surface area contributed by atoms with Crippen molar-refractivity contribution in [2.45, 2.75) is 26.3 Å². The standard InChI is InChI=1S/C25H27ClN4O7/c1-4-11-29-15(2)21(24(32)37-13-12-36-3)22(28-25(29)33)16-5-7-17(8-6-16)27-23(31)19-10-9-18(30(34)35)14-20(19)26/h5-10,14,22H,4,11-13H2,1-3H3,(H,27,31)(H,28,33). The number of urea groups is 1. The van der Waals surface area contributed by atoms with Gasteiger partial charge < -0.3 is 20.1 Å². The number of nitrogens with zero attached hydrogens (tertiary/aromatic N) is 2. The minimum absolute atomic E-state index is 0.0536. The van der Waals surface area contributed by atoms with Crippen LogP contribution in [-0.4, -0.2) is 54.6 Å². The van der Waals surface area contributed by atoms with Gasteiger partial charge in [-0.25, -0.2) is 9.59 Å². The summed E-state index contributed by atoms with van der Waals surface area (Å²) in [5.41, 5.74) is 1.68. The van der Waals surface area contributed by atoms with Gasteiger partial charge in [0.15, 0.2) is 0 Å². The maximum atomic E-state index is 13.0. The molecule has 11 nitrogen and oxygen atoms in total. The second-order valence-corrected chi connectivity index (χ2v) is 8.57. The number of carbonyl (C=O) groups is 3. The minimum Gasteiger partial charge on any atom is -0.460 e. The normalized spacial score (nSPS) is 15.3. The van der Waals surface area contributed by atoms with Crippen molar-refractivity contribution >= 4 is 40.9 Å². The average Bonchev–Trinajstić information content (AvgIpc) is 2.86. The van der Waals surface area contributed by atoms with Gasteiger partial charge in [0, 0.05) is 37.2 Å². The minimum atomic E-state index is -0.760. The number of anilines is 1. The first-order valence-electron chi connectivity index (χ1n) is 11.5. The number of hydrogen-bond donors (Lipinski definition) is 2. The number of carbonyl (C=O) groups excluding carboxylic acids is 3. The Hall–Kier alpha value is -3.96. The van der Waals surface area contributed by atoms with Crippen LogP contribution in [0.15, 0.2) is 53.7 Å². The second-order valence-electron chi connectivity index (χ2n) is 8.16. The molecule has 1 atom stereocenters. The molecule has 0 spiro atoms. The van der Waals surface area contributed by atoms with Gasteiger partial charge in [-0.2, -0.15) is 0 Å². The van der Waals surface area contributed by atoms with Crippen LogP contribution in [0, 0.1) is 10.1 Å². The third kappa shape index (κ3) is 6.43. The Labute approximate surface area is 218 Å². The molecule has 1 aliphatic heterocycles. The molecule has 0 fully saturated rings. The lowest BCUT2D eigenvalue weighted by molar-refractivity contribution is -0.384. The molecular weight excluding hydrogens is 504 g/mol. The van der Waals surface area contributed by atoms with Gasteiger partial charge in [0.1, 0.15) is 6.61 Å². The van der Waals surface area contributed by atoms with Gasteiger partial charge in [-0.15, -0.1) is 0 Å². The van der Waals surface area contributed by atoms with Gasteiger partial charge in [-0.3, -0.25) is 19.8 Å². The number of allylic oxidation sites excluding steroid dienone is 1. The Morgan fingerprint density at radius 2 is 1.89 bits per heavy atom. The van der Waals surface area contributed by atoms with Crippen LogP contribution in [0.1, 0.15) is 42.2 Å². The van der Waals surface area contributed by atoms with E-state index in [-0.39, 0.29) is 35.5 Å². The summed E-state index contributed by atoms with van der Waals surface area (Å²) >= 11 is 6.05. The van der Waals surface area contributed by atoms with Crippen LogP contribution in [0.5, 0.6) is 0 Å². The van der Waals surface area contributed by atoms with E-state index in [9.17, 15) is 24.5 Å². The molecule has 2 aromatic carbocycles. The molecule has 12 heteroatoms. The predicted molar refractivity (Wildman–Crippen MR) is 136 cm³/mol. The molecule has 0 bridgehead atoms. The maximum Gasteiger partial charge on any atom is 0.338 e. The number of esters is 1. The highest BCUT2D eigenvalue weighted by atomic mass is 35.5. The molecule has 2 N–H and O–H groups in total. The molecule has 0 radical (unpaired) electrons. The van der Waals surface area contributed by atoms with E-state index >= 15 is 0 Å². The van der Waals surface area contributed by atoms with Crippen molar-refractivity contribution in [2.24, 2.45) is 0 Å². The van der Waals surface area contributed by atoms with Gasteiger partial charge in [-0.1, -0.05) is 30.7 Å². The van der Waals surface area contributed by atoms with E-state index in [0.717, 1.165) is 6.07 Å². The van der Waals surface area contributed by atoms with Crippen LogP contribution in [-0.2, 0) is 14.3 Å². The third-order valence-corrected chi connectivity index (χ3v) is 6.01. The van der Waals surface area contributed by atoms with Gasteiger partial charge in [0.25, 0.3) is 11.6 Å². The SMILES string of the molecule is CCCN1C(=O)NC(c2ccc(NC(=O)c3ccc([N+](=O)[O-])cc3Cl)cc2)C(C(=O)OCCOC)=C1C. The van der Waals surface area contributed by atoms with E-state index in [4.69, 9.17) is 21.1 Å². The number of nitro benzene ring substituents is 1. The fourth-order valence-electron chi connectivity index (χ4n) is 3.84. The highest BCUT2D eigenvalue weighted by Crippen LogP contribution is 2.32. The summed E-state index contributed by atoms with van der Waals surface area (Å²) in [6.07, 6.45) is 0.703. The molecule has 1 aliphatic rings. The molecule has 37 heavy (non-hydrogen) atoms. The molecule has 196 valence electrons. The second kappa shape index (κ2) is 12.3. The molecule has 3 rings (SSSR count). The highest BCUT2D eigenvalue weighted by molar-refractivity contribution is 6.34. The number of nitro groups is 1. The van der Waals surface area contributed by atoms with Crippen molar-refractivity contribution in [2.75, 3.05) is 32.2 Å². The Balaban J connectivity index is 1.84. The van der Waals surface area contributed by atoms with Gasteiger partial charge >= 0.3 is 12.0 Å². The van der Waals surface area contributed by atoms with E-state index in [2.05, 4.69) is 10.6 Å². The lowest BCUT2D eigenvalue weighted by Gasteiger charge is -2.35. The number of amides is 3. The molecule has 1 unspecified atom stereocenters. The van der Waals surface area contributed by atoms with E-state index in [1.54, 1.807) is 31.2 Å². The number of nitrogens with one attached hydrogen (secondary N) is 2. The Morgan fingerprint density at radius 1 is 1.19 bits per heavy atom. The van der Waals surface area contributed by atoms with Gasteiger partial charge in [-0.05, 0) is 37.1 Å². The van der Waals surface area contributed by atoms with E-state index in [1.165, 1.54) is 24.1 Å². The number of methoxy groups -OCH3 is 1. The molecule has 0 saturated carbocycles. The van der Waals surface area contributed by atoms with E-state index in [1.807, 2.05) is 6.92 Å². The lowest BCUT2D eigenvalue weighted by atomic mass is 9.94. The Morgan fingerprint density at radius 3 is 2.49 bits per heavy atom. The summed E-state index contributed by atoms with van der Waals surface area (Å²) in [5, 5.41) is 16.4. The fraction of sp³-hybridized carbons (Fsp3) is 0.320. The Bertz CT molecular complexity index is 1230. The van der Waals surface area contributed by atoms with Crippen LogP contribution in [0.25, 0.3) is 0 Å². The van der Waals surface area contributed by atoms with E-state index < -0.39 is 22.8 Å². The summed E-state index contributed by atoms with van der Waals surface area (Å²) in [4.78, 5) is 50.2. The number of benzene rings is 2. The number of hydrogen-bond acceptors (Lipinski definition) is 7. The first-order valence-corrected chi connectivity index (χ1v) is 11.9. The van der Waals surface area contributed by atoms with Crippen molar-refractivity contribution in [1.29, 1.82) is 0 Å². The molecule has 2 aromatic rings. The molecule has 0 aromatic heterocycles. The number of rotatable bonds is 10. The fourth-order valence-corrected chi connectivity index (χ4v) is 4.10. The van der Waals surface area contributed by atoms with Crippen molar-refractivity contribution in [3.63, 3.8) is 0 Å². The zero-order valence-corrected chi connectivity index (χ0v) is 21.3. The summed E-state index contributed by atoms with van der Waals surface area (Å²) in [5.74, 6) is -1.11. The number of ether oxygens (including phenoxy) is 2. The van der Waals surface area contributed by atoms with Crippen LogP contribution in [0.3, 0.4) is 0 Å². The van der Waals surface area contributed by atoms with Crippen LogP contribution >= 0.6 is 11.6 Å². The van der Waals surface area contributed by atoms with Crippen LogP contribution in [0.4, 0.5) is 16.2 Å². The monoisotopic (exact) mass is 530 g/mol. The molecule has 1 heterocycles. The first-order chi connectivity index (χ1) is 17.7. The third-order valence-electron chi connectivity index (χ3n) is 5.69. The van der Waals surface area contributed by atoms with Crippen molar-refractivity contribution in [1.82, 2.24) is 10.2 Å². The Kier molecular flexibility index (Phi) is 9.20. The summed E-state index contributed by atoms with van der Waals surface area (Å²) < 4.78 is 10.3. The van der Waals surface area contributed by atoms with Gasteiger partial charge in [0.05, 0.1) is 33.7 Å². The first kappa shape index (κ1) is 27.6. The highest BCUT2D eigenvalue weighted by Gasteiger charge is 2.36. The topological polar surface area (TPSA) is 140 Å². The molecule has 0 aliphatic carbocycles. The maximum absolute atomic E-state index is 13.0. The van der Waals surface area contributed by atoms with Gasteiger partial charge in [0.2, 0.25) is 0 Å². The quantitative estimate of drug-likeness (QED) is 0.200. The zero-order chi connectivity index (χ0) is 27.1. The largest absolute Gasteiger partial charge is 0.460 e. The van der Waals surface area contributed by atoms with E-state index in [0.29, 0.717) is 35.5 Å². The number of non-ortho nitro benzene ring substituents is 1. The molecule has 3 amide bonds. The summed E-state index contributed by atoms with van der Waals surface area (Å²) in [7, 11) is 1.50. The van der Waals surface area contributed by atoms with Crippen molar-refractivity contribution < 1.29 is 28.8 Å². The lowest BCUT2D eigenvalue weighted by Crippen LogP contribution is -2.48.